The van der Waals surface area contributed by atoms with E-state index in [1.54, 1.807) is 0 Å². The predicted octanol–water partition coefficient (Wildman–Crippen LogP) is 27.3. The van der Waals surface area contributed by atoms with Gasteiger partial charge < -0.3 is 33.8 Å². The molecule has 0 fully saturated rings. The molecule has 0 rings (SSSR count). The number of phosphoric acid groups is 2. The van der Waals surface area contributed by atoms with Gasteiger partial charge in [0.05, 0.1) is 26.4 Å². The quantitative estimate of drug-likeness (QED) is 0.0169. The number of hydrogen-bond acceptors (Lipinski definition) is 15. The minimum Gasteiger partial charge on any atom is -0.462 e. The van der Waals surface area contributed by atoms with E-state index in [9.17, 15) is 43.2 Å². The van der Waals surface area contributed by atoms with Gasteiger partial charge in [0.15, 0.2) is 12.2 Å². The SMILES string of the molecule is CCCCCC/C=C\C=C/CCCCCCCC(=O)O[C@H](COC(=O)CCCCCCCCCCCCC)COP(=O)(O)OC[C@H](O)COP(=O)(O)OC[C@@H](COC(=O)CCCCCCCCCCCCCCCCCCCCC(C)C)OC(=O)CCCCCCCCCCCCCCCCCCCCC(C)CC. The first-order chi connectivity index (χ1) is 52.9. The average Bonchev–Trinajstić information content (AvgIpc) is 0.899. The highest BCUT2D eigenvalue weighted by Crippen LogP contribution is 2.45. The second-order valence-electron chi connectivity index (χ2n) is 32.4. The van der Waals surface area contributed by atoms with E-state index < -0.39 is 97.5 Å². The third-order valence-corrected chi connectivity index (χ3v) is 22.8. The van der Waals surface area contributed by atoms with Gasteiger partial charge in [0, 0.05) is 25.7 Å². The van der Waals surface area contributed by atoms with Crippen molar-refractivity contribution in [1.82, 2.24) is 0 Å². The topological polar surface area (TPSA) is 237 Å². The third kappa shape index (κ3) is 81.9. The fourth-order valence-corrected chi connectivity index (χ4v) is 15.1. The first-order valence-electron chi connectivity index (χ1n) is 45.8. The van der Waals surface area contributed by atoms with Crippen molar-refractivity contribution < 1.29 is 80.2 Å². The highest BCUT2D eigenvalue weighted by molar-refractivity contribution is 7.47. The molecule has 0 amide bonds. The number of ether oxygens (including phenoxy) is 4. The molecule has 0 aromatic rings. The van der Waals surface area contributed by atoms with Crippen LogP contribution in [0.2, 0.25) is 0 Å². The summed E-state index contributed by atoms with van der Waals surface area (Å²) in [6, 6.07) is 0. The third-order valence-electron chi connectivity index (χ3n) is 20.9. The van der Waals surface area contributed by atoms with Crippen LogP contribution in [0.4, 0.5) is 0 Å². The Kier molecular flexibility index (Phi) is 78.9. The number of carbonyl (C=O) groups is 4. The Labute approximate surface area is 669 Å². The number of rotatable bonds is 87. The van der Waals surface area contributed by atoms with Gasteiger partial charge in [-0.1, -0.05) is 406 Å². The molecule has 0 aliphatic rings. The van der Waals surface area contributed by atoms with Gasteiger partial charge in [-0.15, -0.1) is 0 Å². The van der Waals surface area contributed by atoms with Gasteiger partial charge in [-0.05, 0) is 63.2 Å². The van der Waals surface area contributed by atoms with Crippen molar-refractivity contribution in [3.05, 3.63) is 24.3 Å². The summed E-state index contributed by atoms with van der Waals surface area (Å²) in [6.07, 6.45) is 77.2. The Morgan fingerprint density at radius 3 is 0.826 bits per heavy atom. The Morgan fingerprint density at radius 1 is 0.303 bits per heavy atom. The number of aliphatic hydroxyl groups excluding tert-OH is 1. The molecule has 0 heterocycles. The maximum absolute atomic E-state index is 13.2. The summed E-state index contributed by atoms with van der Waals surface area (Å²) in [7, 11) is -9.94. The Balaban J connectivity index is 5.25. The van der Waals surface area contributed by atoms with Gasteiger partial charge in [0.1, 0.15) is 19.3 Å². The van der Waals surface area contributed by atoms with Gasteiger partial charge in [-0.2, -0.15) is 0 Å². The van der Waals surface area contributed by atoms with Crippen molar-refractivity contribution in [1.29, 1.82) is 0 Å². The Bertz CT molecular complexity index is 2180. The van der Waals surface area contributed by atoms with Crippen molar-refractivity contribution in [2.75, 3.05) is 39.6 Å². The van der Waals surface area contributed by atoms with Gasteiger partial charge in [0.25, 0.3) is 0 Å². The van der Waals surface area contributed by atoms with E-state index >= 15 is 0 Å². The lowest BCUT2D eigenvalue weighted by Crippen LogP contribution is -2.30. The normalized spacial score (nSPS) is 14.1. The second-order valence-corrected chi connectivity index (χ2v) is 35.3. The fraction of sp³-hybridized carbons (Fsp3) is 0.911. The molecule has 17 nitrogen and oxygen atoms in total. The summed E-state index contributed by atoms with van der Waals surface area (Å²) in [5.74, 6) is -0.436. The van der Waals surface area contributed by atoms with E-state index in [0.29, 0.717) is 25.7 Å². The molecule has 0 aliphatic heterocycles. The summed E-state index contributed by atoms with van der Waals surface area (Å²) in [5, 5.41) is 10.7. The molecule has 6 atom stereocenters. The first-order valence-corrected chi connectivity index (χ1v) is 48.8. The molecule has 0 aliphatic carbocycles. The Hall–Kier alpha value is -2.46. The monoisotopic (exact) mass is 1590 g/mol. The Morgan fingerprint density at radius 2 is 0.541 bits per heavy atom. The average molecular weight is 1590 g/mol. The van der Waals surface area contributed by atoms with E-state index in [4.69, 9.17) is 37.0 Å². The van der Waals surface area contributed by atoms with Crippen LogP contribution in [0.15, 0.2) is 24.3 Å². The summed E-state index contributed by atoms with van der Waals surface area (Å²) in [5.41, 5.74) is 0. The number of aliphatic hydroxyl groups is 1. The molecule has 19 heteroatoms. The molecule has 0 aromatic heterocycles. The van der Waals surface area contributed by atoms with Crippen LogP contribution in [-0.2, 0) is 65.4 Å². The van der Waals surface area contributed by atoms with Gasteiger partial charge >= 0.3 is 39.5 Å². The fourth-order valence-electron chi connectivity index (χ4n) is 13.6. The predicted molar refractivity (Wildman–Crippen MR) is 451 cm³/mol. The van der Waals surface area contributed by atoms with E-state index in [-0.39, 0.29) is 25.7 Å². The zero-order valence-corrected chi connectivity index (χ0v) is 73.1. The summed E-state index contributed by atoms with van der Waals surface area (Å²) < 4.78 is 68.9. The molecule has 0 bridgehead atoms. The molecule has 0 radical (unpaired) electrons. The molecule has 0 aromatic carbocycles. The van der Waals surface area contributed by atoms with Crippen LogP contribution >= 0.6 is 15.6 Å². The van der Waals surface area contributed by atoms with Gasteiger partial charge in [-0.25, -0.2) is 9.13 Å². The van der Waals surface area contributed by atoms with Crippen molar-refractivity contribution in [3.63, 3.8) is 0 Å². The highest BCUT2D eigenvalue weighted by Gasteiger charge is 2.30. The molecule has 0 saturated heterocycles. The molecule has 0 saturated carbocycles. The van der Waals surface area contributed by atoms with Crippen LogP contribution in [0.25, 0.3) is 0 Å². The standard InChI is InChI=1S/C90H172O17P2/c1-7-10-12-14-16-18-20-21-30-38-44-50-56-62-68-74-89(94)106-85(78-100-87(92)72-66-60-54-48-40-19-17-15-13-11-8-2)80-104-108(96,97)102-76-84(91)77-103-109(98,99)105-81-86(79-101-88(93)73-67-61-55-49-43-37-33-28-24-22-26-31-35-41-46-52-58-64-70-82(4)5)107-90(95)75-69-63-57-51-45-39-34-29-25-23-27-32-36-42-47-53-59-65-71-83(6)9-3/h18,20-21,30,82-86,91H,7-17,19,22-29,31-81H2,1-6H3,(H,96,97)(H,98,99)/b20-18-,30-21-/t83?,84-,85+,86+/m0/s1. The molecule has 3 N–H and O–H groups in total. The van der Waals surface area contributed by atoms with Crippen LogP contribution in [0, 0.1) is 11.8 Å². The van der Waals surface area contributed by atoms with E-state index in [0.717, 1.165) is 115 Å². The van der Waals surface area contributed by atoms with Crippen LogP contribution in [0.5, 0.6) is 0 Å². The minimum atomic E-state index is -4.97. The van der Waals surface area contributed by atoms with Crippen LogP contribution < -0.4 is 0 Å². The lowest BCUT2D eigenvalue weighted by molar-refractivity contribution is -0.161. The highest BCUT2D eigenvalue weighted by atomic mass is 31.2. The van der Waals surface area contributed by atoms with Gasteiger partial charge in [-0.3, -0.25) is 37.3 Å². The maximum atomic E-state index is 13.2. The molecule has 0 spiro atoms. The van der Waals surface area contributed by atoms with Crippen molar-refractivity contribution in [2.24, 2.45) is 11.8 Å². The zero-order valence-electron chi connectivity index (χ0n) is 71.4. The lowest BCUT2D eigenvalue weighted by Gasteiger charge is -2.21. The molecular weight excluding hydrogens is 1410 g/mol. The molecule has 3 unspecified atom stereocenters. The smallest absolute Gasteiger partial charge is 0.462 e. The number of hydrogen-bond donors (Lipinski definition) is 3. The summed E-state index contributed by atoms with van der Waals surface area (Å²) in [4.78, 5) is 73.3. The van der Waals surface area contributed by atoms with Crippen molar-refractivity contribution >= 4 is 39.5 Å². The van der Waals surface area contributed by atoms with Crippen LogP contribution in [-0.4, -0.2) is 96.7 Å². The summed E-state index contributed by atoms with van der Waals surface area (Å²) in [6.45, 7) is 9.72. The van der Waals surface area contributed by atoms with Crippen LogP contribution in [0.3, 0.4) is 0 Å². The van der Waals surface area contributed by atoms with Crippen LogP contribution in [0.1, 0.15) is 459 Å². The minimum absolute atomic E-state index is 0.0856. The maximum Gasteiger partial charge on any atom is 0.472 e. The second kappa shape index (κ2) is 80.7. The largest absolute Gasteiger partial charge is 0.472 e. The summed E-state index contributed by atoms with van der Waals surface area (Å²) >= 11 is 0. The number of phosphoric ester groups is 2. The van der Waals surface area contributed by atoms with Crippen molar-refractivity contribution in [3.8, 4) is 0 Å². The first kappa shape index (κ1) is 107. The molecule has 109 heavy (non-hydrogen) atoms. The van der Waals surface area contributed by atoms with E-state index in [2.05, 4.69) is 65.8 Å². The van der Waals surface area contributed by atoms with Crippen molar-refractivity contribution in [2.45, 2.75) is 477 Å². The number of carbonyl (C=O) groups excluding carboxylic acids is 4. The zero-order chi connectivity index (χ0) is 79.9. The number of allylic oxidation sites excluding steroid dienone is 4. The molecular formula is C90H172O17P2. The molecule has 644 valence electrons. The lowest BCUT2D eigenvalue weighted by atomic mass is 9.99. The van der Waals surface area contributed by atoms with Gasteiger partial charge in [0.2, 0.25) is 0 Å². The number of esters is 4. The van der Waals surface area contributed by atoms with E-state index in [1.165, 1.54) is 263 Å². The van der Waals surface area contributed by atoms with E-state index in [1.807, 2.05) is 0 Å². The number of unbranched alkanes of at least 4 members (excludes halogenated alkanes) is 53.